The Kier molecular flexibility index (Phi) is 8.92. The Labute approximate surface area is 193 Å². The van der Waals surface area contributed by atoms with Gasteiger partial charge in [0, 0.05) is 25.2 Å². The third-order valence-electron chi connectivity index (χ3n) is 5.01. The highest BCUT2D eigenvalue weighted by molar-refractivity contribution is 7.92. The van der Waals surface area contributed by atoms with Crippen molar-refractivity contribution in [2.45, 2.75) is 26.3 Å². The average molecular weight is 477 g/mol. The molecule has 0 heterocycles. The summed E-state index contributed by atoms with van der Waals surface area (Å²) in [6, 6.07) is 13.6. The Balaban J connectivity index is 2.34. The molecule has 2 rings (SSSR count). The zero-order valence-electron chi connectivity index (χ0n) is 18.8. The summed E-state index contributed by atoms with van der Waals surface area (Å²) in [6.07, 6.45) is 1.38. The molecule has 0 aliphatic heterocycles. The van der Waals surface area contributed by atoms with Gasteiger partial charge in [0.25, 0.3) is 5.69 Å². The van der Waals surface area contributed by atoms with Crippen LogP contribution in [0.15, 0.2) is 54.6 Å². The minimum atomic E-state index is -3.95. The number of nitrogens with one attached hydrogen (secondary N) is 1. The van der Waals surface area contributed by atoms with Crippen molar-refractivity contribution in [3.05, 3.63) is 70.3 Å². The minimum Gasteiger partial charge on any atom is -0.355 e. The lowest BCUT2D eigenvalue weighted by molar-refractivity contribution is -0.384. The summed E-state index contributed by atoms with van der Waals surface area (Å²) in [5.41, 5.74) is 0.649. The van der Waals surface area contributed by atoms with Crippen molar-refractivity contribution >= 4 is 33.2 Å². The first-order valence-electron chi connectivity index (χ1n) is 10.4. The van der Waals surface area contributed by atoms with E-state index in [0.717, 1.165) is 22.2 Å². The fourth-order valence-electron chi connectivity index (χ4n) is 3.27. The summed E-state index contributed by atoms with van der Waals surface area (Å²) in [6.45, 7) is 3.31. The van der Waals surface area contributed by atoms with Crippen LogP contribution in [0.3, 0.4) is 0 Å². The van der Waals surface area contributed by atoms with Crippen LogP contribution in [0.5, 0.6) is 0 Å². The van der Waals surface area contributed by atoms with E-state index < -0.39 is 33.4 Å². The molecule has 1 N–H and O–H groups in total. The molecule has 0 aliphatic carbocycles. The lowest BCUT2D eigenvalue weighted by Gasteiger charge is -2.31. The quantitative estimate of drug-likeness (QED) is 0.390. The molecule has 2 amide bonds. The summed E-state index contributed by atoms with van der Waals surface area (Å²) in [5, 5.41) is 13.8. The fourth-order valence-corrected chi connectivity index (χ4v) is 4.11. The number of benzene rings is 2. The van der Waals surface area contributed by atoms with E-state index in [4.69, 9.17) is 0 Å². The van der Waals surface area contributed by atoms with Crippen molar-refractivity contribution in [2.24, 2.45) is 0 Å². The molecule has 0 saturated heterocycles. The van der Waals surface area contributed by atoms with Crippen LogP contribution in [-0.4, -0.2) is 62.0 Å². The third-order valence-corrected chi connectivity index (χ3v) is 6.15. The molecule has 10 nitrogen and oxygen atoms in total. The van der Waals surface area contributed by atoms with Crippen LogP contribution < -0.4 is 9.62 Å². The molecule has 178 valence electrons. The van der Waals surface area contributed by atoms with Gasteiger partial charge < -0.3 is 10.2 Å². The summed E-state index contributed by atoms with van der Waals surface area (Å²) in [5.74, 6) is -0.957. The predicted octanol–water partition coefficient (Wildman–Crippen LogP) is 1.96. The fraction of sp³-hybridized carbons (Fsp3) is 0.364. The maximum atomic E-state index is 13.3. The molecule has 0 saturated carbocycles. The van der Waals surface area contributed by atoms with E-state index >= 15 is 0 Å². The molecule has 33 heavy (non-hydrogen) atoms. The standard InChI is InChI=1S/C22H28N4O6S/c1-4-23-22(28)17(2)24(14-13-18-9-6-5-7-10-18)21(27)16-25(33(3,31)32)19-11-8-12-20(15-19)26(29)30/h5-12,15,17H,4,13-14,16H2,1-3H3,(H,23,28)/t17-/m0/s1. The Morgan fingerprint density at radius 2 is 1.79 bits per heavy atom. The number of hydrogen-bond acceptors (Lipinski definition) is 6. The molecule has 0 unspecified atom stereocenters. The number of amides is 2. The molecule has 1 atom stereocenters. The smallest absolute Gasteiger partial charge is 0.271 e. The maximum Gasteiger partial charge on any atom is 0.271 e. The van der Waals surface area contributed by atoms with Crippen LogP contribution in [-0.2, 0) is 26.0 Å². The number of carbonyl (C=O) groups excluding carboxylic acids is 2. The number of likely N-dealkylation sites (N-methyl/N-ethyl adjacent to an activating group) is 1. The van der Waals surface area contributed by atoms with Crippen molar-refractivity contribution in [1.29, 1.82) is 0 Å². The van der Waals surface area contributed by atoms with E-state index in [2.05, 4.69) is 5.32 Å². The van der Waals surface area contributed by atoms with Crippen molar-refractivity contribution in [1.82, 2.24) is 10.2 Å². The first-order chi connectivity index (χ1) is 15.5. The molecule has 2 aromatic carbocycles. The van der Waals surface area contributed by atoms with Crippen molar-refractivity contribution < 1.29 is 22.9 Å². The molecular weight excluding hydrogens is 448 g/mol. The van der Waals surface area contributed by atoms with Gasteiger partial charge >= 0.3 is 0 Å². The topological polar surface area (TPSA) is 130 Å². The number of nitro groups is 1. The van der Waals surface area contributed by atoms with Gasteiger partial charge in [-0.05, 0) is 31.9 Å². The Hall–Kier alpha value is -3.47. The van der Waals surface area contributed by atoms with E-state index in [1.807, 2.05) is 30.3 Å². The van der Waals surface area contributed by atoms with E-state index in [-0.39, 0.29) is 23.8 Å². The maximum absolute atomic E-state index is 13.3. The number of hydrogen-bond donors (Lipinski definition) is 1. The molecule has 0 radical (unpaired) electrons. The number of rotatable bonds is 11. The molecule has 0 aromatic heterocycles. The van der Waals surface area contributed by atoms with E-state index in [1.165, 1.54) is 23.1 Å². The van der Waals surface area contributed by atoms with Gasteiger partial charge in [-0.25, -0.2) is 8.42 Å². The van der Waals surface area contributed by atoms with Gasteiger partial charge in [-0.15, -0.1) is 0 Å². The van der Waals surface area contributed by atoms with Crippen LogP contribution in [0, 0.1) is 10.1 Å². The lowest BCUT2D eigenvalue weighted by Crippen LogP contribution is -2.52. The largest absolute Gasteiger partial charge is 0.355 e. The van der Waals surface area contributed by atoms with Gasteiger partial charge in [-0.1, -0.05) is 36.4 Å². The van der Waals surface area contributed by atoms with Crippen molar-refractivity contribution in [3.63, 3.8) is 0 Å². The summed E-state index contributed by atoms with van der Waals surface area (Å²) < 4.78 is 25.7. The highest BCUT2D eigenvalue weighted by Crippen LogP contribution is 2.23. The Morgan fingerprint density at radius 1 is 1.12 bits per heavy atom. The van der Waals surface area contributed by atoms with Crippen LogP contribution >= 0.6 is 0 Å². The van der Waals surface area contributed by atoms with Crippen LogP contribution in [0.2, 0.25) is 0 Å². The predicted molar refractivity (Wildman–Crippen MR) is 125 cm³/mol. The highest BCUT2D eigenvalue weighted by Gasteiger charge is 2.30. The van der Waals surface area contributed by atoms with Crippen LogP contribution in [0.1, 0.15) is 19.4 Å². The molecule has 0 aliphatic rings. The number of anilines is 1. The monoisotopic (exact) mass is 476 g/mol. The number of nitrogens with zero attached hydrogens (tertiary/aromatic N) is 3. The van der Waals surface area contributed by atoms with Crippen molar-refractivity contribution in [3.8, 4) is 0 Å². The van der Waals surface area contributed by atoms with Crippen molar-refractivity contribution in [2.75, 3.05) is 30.2 Å². The van der Waals surface area contributed by atoms with Crippen LogP contribution in [0.25, 0.3) is 0 Å². The normalized spacial score (nSPS) is 12.0. The van der Waals surface area contributed by atoms with Gasteiger partial charge in [0.1, 0.15) is 12.6 Å². The number of nitro benzene ring substituents is 1. The van der Waals surface area contributed by atoms with Gasteiger partial charge in [0.05, 0.1) is 16.9 Å². The number of carbonyl (C=O) groups is 2. The zero-order valence-corrected chi connectivity index (χ0v) is 19.6. The van der Waals surface area contributed by atoms with Gasteiger partial charge in [-0.3, -0.25) is 24.0 Å². The second-order valence-corrected chi connectivity index (χ2v) is 9.35. The Morgan fingerprint density at radius 3 is 2.36 bits per heavy atom. The first kappa shape index (κ1) is 25.8. The first-order valence-corrected chi connectivity index (χ1v) is 12.2. The summed E-state index contributed by atoms with van der Waals surface area (Å²) in [7, 11) is -3.95. The molecular formula is C22H28N4O6S. The third kappa shape index (κ3) is 7.28. The highest BCUT2D eigenvalue weighted by atomic mass is 32.2. The van der Waals surface area contributed by atoms with E-state index in [0.29, 0.717) is 13.0 Å². The summed E-state index contributed by atoms with van der Waals surface area (Å²) >= 11 is 0. The van der Waals surface area contributed by atoms with Gasteiger partial charge in [-0.2, -0.15) is 0 Å². The van der Waals surface area contributed by atoms with Gasteiger partial charge in [0.15, 0.2) is 0 Å². The second kappa shape index (κ2) is 11.4. The average Bonchev–Trinajstić information content (AvgIpc) is 2.77. The summed E-state index contributed by atoms with van der Waals surface area (Å²) in [4.78, 5) is 37.5. The second-order valence-electron chi connectivity index (χ2n) is 7.44. The molecule has 2 aromatic rings. The van der Waals surface area contributed by atoms with Gasteiger partial charge in [0.2, 0.25) is 21.8 Å². The molecule has 0 spiro atoms. The SMILES string of the molecule is CCNC(=O)[C@H](C)N(CCc1ccccc1)C(=O)CN(c1cccc([N+](=O)[O-])c1)S(C)(=O)=O. The Bertz CT molecular complexity index is 1090. The molecule has 0 fully saturated rings. The number of sulfonamides is 1. The number of non-ortho nitro benzene ring substituents is 1. The van der Waals surface area contributed by atoms with Crippen LogP contribution in [0.4, 0.5) is 11.4 Å². The molecule has 11 heteroatoms. The lowest BCUT2D eigenvalue weighted by atomic mass is 10.1. The zero-order chi connectivity index (χ0) is 24.6. The minimum absolute atomic E-state index is 0.00581. The van der Waals surface area contributed by atoms with E-state index in [1.54, 1.807) is 13.8 Å². The molecule has 0 bridgehead atoms. The van der Waals surface area contributed by atoms with E-state index in [9.17, 15) is 28.1 Å².